The van der Waals surface area contributed by atoms with E-state index in [2.05, 4.69) is 10.6 Å². The molecule has 0 spiro atoms. The quantitative estimate of drug-likeness (QED) is 0.230. The number of hydrogen-bond acceptors (Lipinski definition) is 8. The van der Waals surface area contributed by atoms with Crippen molar-refractivity contribution in [3.8, 4) is 0 Å². The van der Waals surface area contributed by atoms with Crippen LogP contribution in [0.15, 0.2) is 91.0 Å². The minimum atomic E-state index is -1.68. The van der Waals surface area contributed by atoms with Crippen LogP contribution in [-0.2, 0) is 41.7 Å². The van der Waals surface area contributed by atoms with Crippen LogP contribution >= 0.6 is 11.8 Å². The Labute approximate surface area is 278 Å². The van der Waals surface area contributed by atoms with Crippen molar-refractivity contribution in [2.45, 2.75) is 62.9 Å². The molecule has 1 heterocycles. The number of rotatable bonds is 13. The van der Waals surface area contributed by atoms with E-state index in [9.17, 15) is 29.1 Å². The van der Waals surface area contributed by atoms with E-state index in [1.807, 2.05) is 69.3 Å². The molecule has 248 valence electrons. The molecule has 0 aliphatic carbocycles. The number of alkyl carbamates (subject to hydrolysis) is 1. The number of carboxylic acids is 1. The molecule has 0 saturated carbocycles. The van der Waals surface area contributed by atoms with Crippen LogP contribution in [0.3, 0.4) is 0 Å². The van der Waals surface area contributed by atoms with Crippen molar-refractivity contribution in [2.24, 2.45) is 0 Å². The third-order valence-electron chi connectivity index (χ3n) is 7.25. The zero-order valence-corrected chi connectivity index (χ0v) is 27.3. The number of hydrogen-bond donors (Lipinski definition) is 3. The highest BCUT2D eigenvalue weighted by Crippen LogP contribution is 2.42. The van der Waals surface area contributed by atoms with Crippen LogP contribution < -0.4 is 10.6 Å². The molecule has 1 aliphatic heterocycles. The number of benzene rings is 3. The van der Waals surface area contributed by atoms with Gasteiger partial charge in [0, 0.05) is 12.2 Å². The van der Waals surface area contributed by atoms with Gasteiger partial charge in [-0.25, -0.2) is 9.59 Å². The number of ketones is 1. The lowest BCUT2D eigenvalue weighted by Crippen LogP contribution is -2.58. The Morgan fingerprint density at radius 1 is 0.851 bits per heavy atom. The number of ether oxygens (including phenoxy) is 2. The smallest absolute Gasteiger partial charge is 0.408 e. The molecule has 11 nitrogen and oxygen atoms in total. The van der Waals surface area contributed by atoms with Crippen LogP contribution in [-0.4, -0.2) is 75.8 Å². The van der Waals surface area contributed by atoms with Gasteiger partial charge in [-0.2, -0.15) is 0 Å². The Bertz CT molecular complexity index is 1530. The van der Waals surface area contributed by atoms with Crippen LogP contribution in [0, 0.1) is 0 Å². The number of aliphatic carboxylic acids is 1. The third-order valence-corrected chi connectivity index (χ3v) is 8.58. The summed E-state index contributed by atoms with van der Waals surface area (Å²) in [6.45, 7) is 5.19. The monoisotopic (exact) mass is 661 g/mol. The summed E-state index contributed by atoms with van der Waals surface area (Å²) < 4.78 is 11.3. The first-order valence-electron chi connectivity index (χ1n) is 15.1. The molecule has 0 radical (unpaired) electrons. The van der Waals surface area contributed by atoms with Gasteiger partial charge in [0.2, 0.25) is 11.8 Å². The van der Waals surface area contributed by atoms with Gasteiger partial charge in [-0.15, -0.1) is 11.8 Å². The standard InChI is InChI=1S/C35H39N3O8S/c1-35(2,3)46-21-27(37-34(44)45-20-24-15-9-5-10-16-24)31(41)38-28(22-47-32(38)25-17-11-6-12-18-25)30(40)36-26(29(39)33(42)43)19-23-13-7-4-8-14-23/h4-18,26-28,32H,19-22H2,1-3H3,(H,36,40)(H,37,44)(H,42,43)/t26-,27-,28-,32?/m0/s1. The highest BCUT2D eigenvalue weighted by Gasteiger charge is 2.46. The molecule has 3 aromatic rings. The SMILES string of the molecule is CC(C)(C)OC[C@H](NC(=O)OCc1ccccc1)C(=O)N1C(c2ccccc2)SC[C@H]1C(=O)N[C@@H](Cc1ccccc1)C(=O)C(=O)O. The lowest BCUT2D eigenvalue weighted by Gasteiger charge is -2.34. The Kier molecular flexibility index (Phi) is 12.2. The van der Waals surface area contributed by atoms with Gasteiger partial charge >= 0.3 is 12.1 Å². The van der Waals surface area contributed by atoms with Gasteiger partial charge in [-0.05, 0) is 37.5 Å². The molecule has 3 aromatic carbocycles. The van der Waals surface area contributed by atoms with Crippen molar-refractivity contribution in [1.82, 2.24) is 15.5 Å². The highest BCUT2D eigenvalue weighted by atomic mass is 32.2. The molecule has 12 heteroatoms. The fourth-order valence-corrected chi connectivity index (χ4v) is 6.36. The zero-order chi connectivity index (χ0) is 34.0. The molecule has 3 amide bonds. The maximum absolute atomic E-state index is 14.4. The largest absolute Gasteiger partial charge is 0.475 e. The summed E-state index contributed by atoms with van der Waals surface area (Å²) in [5, 5.41) is 14.1. The maximum Gasteiger partial charge on any atom is 0.408 e. The number of Topliss-reactive ketones (excluding diaryl/α,β-unsaturated/α-hetero) is 1. The third kappa shape index (κ3) is 10.2. The number of carbonyl (C=O) groups excluding carboxylic acids is 4. The van der Waals surface area contributed by atoms with Crippen molar-refractivity contribution in [3.63, 3.8) is 0 Å². The fraction of sp³-hybridized carbons (Fsp3) is 0.343. The Balaban J connectivity index is 1.61. The number of nitrogens with one attached hydrogen (secondary N) is 2. The normalized spacial score (nSPS) is 17.3. The predicted octanol–water partition coefficient (Wildman–Crippen LogP) is 4.12. The molecule has 1 saturated heterocycles. The molecule has 0 aromatic heterocycles. The Morgan fingerprint density at radius 2 is 1.43 bits per heavy atom. The van der Waals surface area contributed by atoms with Crippen molar-refractivity contribution in [1.29, 1.82) is 0 Å². The average Bonchev–Trinajstić information content (AvgIpc) is 3.51. The van der Waals surface area contributed by atoms with E-state index in [1.54, 1.807) is 42.5 Å². The molecule has 4 rings (SSSR count). The van der Waals surface area contributed by atoms with Gasteiger partial charge in [-0.3, -0.25) is 14.4 Å². The molecule has 1 aliphatic rings. The van der Waals surface area contributed by atoms with E-state index in [0.717, 1.165) is 11.1 Å². The van der Waals surface area contributed by atoms with Gasteiger partial charge in [0.25, 0.3) is 5.78 Å². The lowest BCUT2D eigenvalue weighted by molar-refractivity contribution is -0.151. The minimum absolute atomic E-state index is 0.0225. The second kappa shape index (κ2) is 16.2. The molecular weight excluding hydrogens is 622 g/mol. The number of amides is 3. The summed E-state index contributed by atoms with van der Waals surface area (Å²) in [5.74, 6) is -4.00. The number of carbonyl (C=O) groups is 5. The maximum atomic E-state index is 14.4. The van der Waals surface area contributed by atoms with Crippen molar-refractivity contribution >= 4 is 41.4 Å². The fourth-order valence-electron chi connectivity index (χ4n) is 4.92. The van der Waals surface area contributed by atoms with Gasteiger partial charge in [0.1, 0.15) is 30.1 Å². The highest BCUT2D eigenvalue weighted by molar-refractivity contribution is 7.99. The summed E-state index contributed by atoms with van der Waals surface area (Å²) in [7, 11) is 0. The van der Waals surface area contributed by atoms with Crippen molar-refractivity contribution in [2.75, 3.05) is 12.4 Å². The summed E-state index contributed by atoms with van der Waals surface area (Å²) in [6, 6.07) is 23.2. The van der Waals surface area contributed by atoms with Gasteiger partial charge in [0.15, 0.2) is 0 Å². The van der Waals surface area contributed by atoms with E-state index in [1.165, 1.54) is 16.7 Å². The molecule has 4 atom stereocenters. The van der Waals surface area contributed by atoms with Crippen LogP contribution in [0.25, 0.3) is 0 Å². The lowest BCUT2D eigenvalue weighted by atomic mass is 10.0. The van der Waals surface area contributed by atoms with Crippen LogP contribution in [0.4, 0.5) is 4.79 Å². The first-order chi connectivity index (χ1) is 22.4. The van der Waals surface area contributed by atoms with Crippen LogP contribution in [0.5, 0.6) is 0 Å². The molecule has 1 fully saturated rings. The molecule has 47 heavy (non-hydrogen) atoms. The first kappa shape index (κ1) is 35.2. The predicted molar refractivity (Wildman–Crippen MR) is 176 cm³/mol. The zero-order valence-electron chi connectivity index (χ0n) is 26.5. The molecule has 3 N–H and O–H groups in total. The topological polar surface area (TPSA) is 151 Å². The summed E-state index contributed by atoms with van der Waals surface area (Å²) in [5.41, 5.74) is 1.49. The van der Waals surface area contributed by atoms with Crippen LogP contribution in [0.1, 0.15) is 42.8 Å². The van der Waals surface area contributed by atoms with Crippen LogP contribution in [0.2, 0.25) is 0 Å². The number of thioether (sulfide) groups is 1. The van der Waals surface area contributed by atoms with E-state index in [4.69, 9.17) is 9.47 Å². The molecular formula is C35H39N3O8S. The van der Waals surface area contributed by atoms with Gasteiger partial charge < -0.3 is 30.1 Å². The second-order valence-electron chi connectivity index (χ2n) is 12.0. The van der Waals surface area contributed by atoms with E-state index >= 15 is 0 Å². The minimum Gasteiger partial charge on any atom is -0.475 e. The average molecular weight is 662 g/mol. The summed E-state index contributed by atoms with van der Waals surface area (Å²) >= 11 is 1.34. The molecule has 1 unspecified atom stereocenters. The Hall–Kier alpha value is -4.68. The van der Waals surface area contributed by atoms with E-state index in [0.29, 0.717) is 5.56 Å². The summed E-state index contributed by atoms with van der Waals surface area (Å²) in [4.78, 5) is 67.0. The number of nitrogens with zero attached hydrogens (tertiary/aromatic N) is 1. The number of carboxylic acid groups (broad SMARTS) is 1. The second-order valence-corrected chi connectivity index (χ2v) is 13.1. The van der Waals surface area contributed by atoms with Crippen molar-refractivity contribution < 1.29 is 38.6 Å². The Morgan fingerprint density at radius 3 is 2.00 bits per heavy atom. The van der Waals surface area contributed by atoms with E-state index in [-0.39, 0.29) is 25.4 Å². The van der Waals surface area contributed by atoms with Crippen molar-refractivity contribution in [3.05, 3.63) is 108 Å². The summed E-state index contributed by atoms with van der Waals surface area (Å²) in [6.07, 6.45) is -0.895. The van der Waals surface area contributed by atoms with Gasteiger partial charge in [-0.1, -0.05) is 91.0 Å². The molecule has 0 bridgehead atoms. The van der Waals surface area contributed by atoms with Gasteiger partial charge in [0.05, 0.1) is 12.2 Å². The van der Waals surface area contributed by atoms with E-state index < -0.39 is 58.8 Å². The first-order valence-corrected chi connectivity index (χ1v) is 16.2.